The summed E-state index contributed by atoms with van der Waals surface area (Å²) in [5.74, 6) is 0. The maximum atomic E-state index is 11.2. The Morgan fingerprint density at radius 3 is 2.94 bits per heavy atom. The van der Waals surface area contributed by atoms with Crippen LogP contribution in [0.3, 0.4) is 0 Å². The number of benzene rings is 1. The van der Waals surface area contributed by atoms with Crippen LogP contribution >= 0.6 is 11.8 Å². The van der Waals surface area contributed by atoms with Gasteiger partial charge in [-0.1, -0.05) is 30.0 Å². The van der Waals surface area contributed by atoms with E-state index in [1.807, 2.05) is 30.5 Å². The smallest absolute Gasteiger partial charge is 0.279 e. The Kier molecular flexibility index (Phi) is 3.58. The van der Waals surface area contributed by atoms with Crippen LogP contribution < -0.4 is 10.2 Å². The van der Waals surface area contributed by atoms with Gasteiger partial charge in [0, 0.05) is 23.7 Å². The second kappa shape index (κ2) is 5.14. The Bertz CT molecular complexity index is 536. The average Bonchev–Trinajstić information content (AvgIpc) is 2.74. The topological polar surface area (TPSA) is 43.3 Å². The van der Waals surface area contributed by atoms with E-state index in [4.69, 9.17) is 4.84 Å². The molecule has 0 radical (unpaired) electrons. The van der Waals surface area contributed by atoms with Crippen molar-refractivity contribution in [2.24, 2.45) is 0 Å². The first kappa shape index (κ1) is 11.9. The highest BCUT2D eigenvalue weighted by atomic mass is 32.2. The van der Waals surface area contributed by atoms with Crippen LogP contribution in [0.1, 0.15) is 5.56 Å². The molecule has 0 saturated heterocycles. The van der Waals surface area contributed by atoms with E-state index < -0.39 is 0 Å². The van der Waals surface area contributed by atoms with Crippen LogP contribution in [-0.4, -0.2) is 23.3 Å². The molecule has 5 heteroatoms. The first-order valence-corrected chi connectivity index (χ1v) is 6.44. The zero-order chi connectivity index (χ0) is 12.3. The maximum absolute atomic E-state index is 11.2. The fraction of sp³-hybridized carbons (Fsp3) is 0.250. The number of carbonyl (C=O) groups is 1. The van der Waals surface area contributed by atoms with Crippen LogP contribution in [0.25, 0.3) is 10.9 Å². The van der Waals surface area contributed by atoms with Crippen molar-refractivity contribution in [1.29, 1.82) is 0 Å². The number of carbonyl (C=O) groups excluding carboxylic acids is 1. The van der Waals surface area contributed by atoms with Crippen LogP contribution in [0.5, 0.6) is 0 Å². The van der Waals surface area contributed by atoms with E-state index in [2.05, 4.69) is 5.32 Å². The predicted octanol–water partition coefficient (Wildman–Crippen LogP) is 2.27. The zero-order valence-corrected chi connectivity index (χ0v) is 10.6. The summed E-state index contributed by atoms with van der Waals surface area (Å²) in [7, 11) is 1.62. The van der Waals surface area contributed by atoms with Crippen LogP contribution in [0.2, 0.25) is 0 Å². The molecule has 2 rings (SSSR count). The number of nitrogens with zero attached hydrogens (tertiary/aromatic N) is 1. The van der Waals surface area contributed by atoms with Crippen molar-refractivity contribution in [3.05, 3.63) is 36.0 Å². The Morgan fingerprint density at radius 1 is 1.47 bits per heavy atom. The molecule has 4 nitrogen and oxygen atoms in total. The molecule has 1 N–H and O–H groups in total. The second-order valence-electron chi connectivity index (χ2n) is 3.52. The molecule has 1 aromatic heterocycles. The quantitative estimate of drug-likeness (QED) is 0.908. The molecule has 0 spiro atoms. The number of fused-ring (bicyclic) bond motifs is 1. The van der Waals surface area contributed by atoms with Gasteiger partial charge in [-0.15, -0.1) is 0 Å². The van der Waals surface area contributed by atoms with E-state index in [9.17, 15) is 4.79 Å². The summed E-state index contributed by atoms with van der Waals surface area (Å²) in [6.07, 6.45) is 3.65. The van der Waals surface area contributed by atoms with Crippen molar-refractivity contribution >= 4 is 27.9 Å². The summed E-state index contributed by atoms with van der Waals surface area (Å²) in [4.78, 5) is 16.5. The number of nitrogens with one attached hydrogen (secondary N) is 1. The van der Waals surface area contributed by atoms with Gasteiger partial charge in [-0.2, -0.15) is 4.73 Å². The van der Waals surface area contributed by atoms with Crippen LogP contribution in [-0.2, 0) is 6.54 Å². The van der Waals surface area contributed by atoms with E-state index >= 15 is 0 Å². The molecule has 0 atom stereocenters. The average molecular weight is 250 g/mol. The maximum Gasteiger partial charge on any atom is 0.279 e. The Hall–Kier alpha value is -1.62. The number of thioether (sulfide) groups is 1. The summed E-state index contributed by atoms with van der Waals surface area (Å²) in [5.41, 5.74) is 2.05. The molecule has 17 heavy (non-hydrogen) atoms. The van der Waals surface area contributed by atoms with Gasteiger partial charge >= 0.3 is 0 Å². The summed E-state index contributed by atoms with van der Waals surface area (Å²) >= 11 is 1.17. The molecule has 1 amide bonds. The molecule has 1 heterocycles. The van der Waals surface area contributed by atoms with Crippen LogP contribution in [0, 0.1) is 0 Å². The van der Waals surface area contributed by atoms with Gasteiger partial charge in [-0.3, -0.25) is 4.79 Å². The van der Waals surface area contributed by atoms with Crippen LogP contribution in [0.4, 0.5) is 4.79 Å². The number of hydrogen-bond acceptors (Lipinski definition) is 3. The van der Waals surface area contributed by atoms with Gasteiger partial charge in [0.1, 0.15) is 7.11 Å². The monoisotopic (exact) mass is 250 g/mol. The standard InChI is InChI=1S/C12H14N2O2S/c1-16-14-8-9(7-13-12(15)17-2)10-5-3-4-6-11(10)14/h3-6,8H,7H2,1-2H3,(H,13,15). The summed E-state index contributed by atoms with van der Waals surface area (Å²) in [6.45, 7) is 0.510. The molecule has 0 aliphatic heterocycles. The van der Waals surface area contributed by atoms with E-state index in [-0.39, 0.29) is 5.24 Å². The third-order valence-corrected chi connectivity index (χ3v) is 3.08. The highest BCUT2D eigenvalue weighted by molar-refractivity contribution is 8.12. The predicted molar refractivity (Wildman–Crippen MR) is 70.2 cm³/mol. The molecule has 0 fully saturated rings. The number of amides is 1. The van der Waals surface area contributed by atoms with E-state index in [1.54, 1.807) is 18.1 Å². The Morgan fingerprint density at radius 2 is 2.24 bits per heavy atom. The number of hydrogen-bond donors (Lipinski definition) is 1. The van der Waals surface area contributed by atoms with Gasteiger partial charge in [-0.05, 0) is 12.3 Å². The van der Waals surface area contributed by atoms with E-state index in [1.165, 1.54) is 11.8 Å². The minimum absolute atomic E-state index is 0.0285. The molecular weight excluding hydrogens is 236 g/mol. The highest BCUT2D eigenvalue weighted by Crippen LogP contribution is 2.20. The van der Waals surface area contributed by atoms with Gasteiger partial charge in [0.15, 0.2) is 0 Å². The summed E-state index contributed by atoms with van der Waals surface area (Å²) in [5, 5.41) is 3.90. The van der Waals surface area contributed by atoms with Gasteiger partial charge in [0.25, 0.3) is 5.24 Å². The second-order valence-corrected chi connectivity index (χ2v) is 4.30. The summed E-state index contributed by atoms with van der Waals surface area (Å²) in [6, 6.07) is 7.94. The fourth-order valence-corrected chi connectivity index (χ4v) is 1.97. The van der Waals surface area contributed by atoms with Crippen molar-refractivity contribution in [2.45, 2.75) is 6.54 Å². The lowest BCUT2D eigenvalue weighted by molar-refractivity contribution is 0.179. The first-order chi connectivity index (χ1) is 8.26. The molecule has 2 aromatic rings. The Balaban J connectivity index is 2.31. The van der Waals surface area contributed by atoms with E-state index in [0.717, 1.165) is 16.5 Å². The minimum Gasteiger partial charge on any atom is -0.417 e. The largest absolute Gasteiger partial charge is 0.417 e. The molecule has 0 saturated carbocycles. The summed E-state index contributed by atoms with van der Waals surface area (Å²) < 4.78 is 1.70. The highest BCUT2D eigenvalue weighted by Gasteiger charge is 2.08. The lowest BCUT2D eigenvalue weighted by atomic mass is 10.2. The van der Waals surface area contributed by atoms with Crippen molar-refractivity contribution in [3.63, 3.8) is 0 Å². The number of para-hydroxylation sites is 1. The third kappa shape index (κ3) is 2.39. The van der Waals surface area contributed by atoms with Crippen LogP contribution in [0.15, 0.2) is 30.5 Å². The molecule has 0 aliphatic rings. The van der Waals surface area contributed by atoms with Crippen molar-refractivity contribution < 1.29 is 9.63 Å². The van der Waals surface area contributed by atoms with Gasteiger partial charge in [-0.25, -0.2) is 0 Å². The lowest BCUT2D eigenvalue weighted by Crippen LogP contribution is -2.17. The minimum atomic E-state index is -0.0285. The first-order valence-electron chi connectivity index (χ1n) is 5.21. The number of rotatable bonds is 3. The molecule has 0 unspecified atom stereocenters. The molecule has 0 aliphatic carbocycles. The Labute approximate surface area is 104 Å². The van der Waals surface area contributed by atoms with Gasteiger partial charge in [0.05, 0.1) is 5.52 Å². The zero-order valence-electron chi connectivity index (χ0n) is 9.77. The van der Waals surface area contributed by atoms with Crippen molar-refractivity contribution in [1.82, 2.24) is 10.0 Å². The molecule has 0 bridgehead atoms. The van der Waals surface area contributed by atoms with E-state index in [0.29, 0.717) is 6.54 Å². The number of aromatic nitrogens is 1. The molecule has 90 valence electrons. The van der Waals surface area contributed by atoms with Gasteiger partial charge in [0.2, 0.25) is 0 Å². The lowest BCUT2D eigenvalue weighted by Gasteiger charge is -2.00. The fourth-order valence-electron chi connectivity index (χ4n) is 1.75. The molecule has 1 aromatic carbocycles. The normalized spacial score (nSPS) is 10.5. The third-order valence-electron chi connectivity index (χ3n) is 2.57. The molecular formula is C12H14N2O2S. The van der Waals surface area contributed by atoms with Crippen molar-refractivity contribution in [3.8, 4) is 0 Å². The SMILES string of the molecule is COn1cc(CNC(=O)SC)c2ccccc21. The van der Waals surface area contributed by atoms with Gasteiger partial charge < -0.3 is 10.2 Å². The van der Waals surface area contributed by atoms with Crippen molar-refractivity contribution in [2.75, 3.05) is 13.4 Å².